The minimum absolute atomic E-state index is 0.426. The Bertz CT molecular complexity index is 20.9. The van der Waals surface area contributed by atoms with Gasteiger partial charge in [-0.1, -0.05) is 15.9 Å². The van der Waals surface area contributed by atoms with E-state index in [9.17, 15) is 0 Å². The third kappa shape index (κ3) is 5.50. The molecule has 0 aromatic heterocycles. The van der Waals surface area contributed by atoms with Crippen molar-refractivity contribution in [3.8, 4) is 0 Å². The summed E-state index contributed by atoms with van der Waals surface area (Å²) in [5, 5.41) is 0.951. The second kappa shape index (κ2) is 3.69. The molecule has 0 saturated heterocycles. The highest BCUT2D eigenvalue weighted by Gasteiger charge is 1.95. The smallest absolute Gasteiger partial charge is 0.138 e. The van der Waals surface area contributed by atoms with Gasteiger partial charge in [-0.05, 0) is 0 Å². The zero-order chi connectivity index (χ0) is 4.28. The Morgan fingerprint density at radius 1 is 1.40 bits per heavy atom. The third-order valence-corrected chi connectivity index (χ3v) is 3.15. The van der Waals surface area contributed by atoms with Crippen LogP contribution in [0.15, 0.2) is 0 Å². The number of halogens is 3. The van der Waals surface area contributed by atoms with Crippen LogP contribution in [0, 0.1) is 0 Å². The second-order valence-electron chi connectivity index (χ2n) is 0.545. The fraction of sp³-hybridized carbons (Fsp3) is 1.00. The molecule has 0 aromatic carbocycles. The topological polar surface area (TPSA) is 0 Å². The molecule has 0 aliphatic rings. The summed E-state index contributed by atoms with van der Waals surface area (Å²) in [4.78, 5) is 0. The minimum Gasteiger partial charge on any atom is -0.138 e. The average Bonchev–Trinajstić information content (AvgIpc) is 1.38. The molecule has 0 fully saturated rings. The maximum absolute atomic E-state index is 3.24. The van der Waals surface area contributed by atoms with E-state index in [1.54, 1.807) is 0 Å². The molecule has 0 bridgehead atoms. The summed E-state index contributed by atoms with van der Waals surface area (Å²) >= 11 is 9.71. The molecule has 0 rings (SSSR count). The molecule has 0 radical (unpaired) electrons. The van der Waals surface area contributed by atoms with Gasteiger partial charge in [0.15, 0.2) is 0 Å². The van der Waals surface area contributed by atoms with E-state index in [2.05, 4.69) is 47.4 Å². The Labute approximate surface area is 56.8 Å². The van der Waals surface area contributed by atoms with Crippen LogP contribution >= 0.6 is 47.4 Å². The molecule has 0 nitrogen and oxygen atoms in total. The van der Waals surface area contributed by atoms with E-state index in [0.29, 0.717) is 4.36 Å². The first-order valence-electron chi connectivity index (χ1n) is 1.11. The Kier molecular flexibility index (Phi) is 4.80. The lowest BCUT2D eigenvalue weighted by atomic mass is 10.2. The normalized spacial score (nSPS) is 7.80. The summed E-state index contributed by atoms with van der Waals surface area (Å²) in [5.41, 5.74) is 0. The van der Waals surface area contributed by atoms with Crippen LogP contribution in [-0.4, -0.2) is 9.59 Å². The lowest BCUT2D eigenvalue weighted by Crippen LogP contribution is -1.88. The van der Waals surface area contributed by atoms with E-state index in [4.69, 9.17) is 0 Å². The van der Waals surface area contributed by atoms with Crippen LogP contribution in [0.1, 0.15) is 0 Å². The van der Waals surface area contributed by atoms with E-state index in [1.807, 2.05) is 0 Å². The SMILES string of the molecule is BrCB(Br)Br. The van der Waals surface area contributed by atoms with Crippen LogP contribution in [0.3, 0.4) is 0 Å². The number of rotatable bonds is 1. The van der Waals surface area contributed by atoms with Gasteiger partial charge in [0.2, 0.25) is 0 Å². The standard InChI is InChI=1S/CH2BBr3/c3-1-2(4)5/h1H2. The Morgan fingerprint density at radius 2 is 1.60 bits per heavy atom. The molecule has 4 heteroatoms. The zero-order valence-corrected chi connectivity index (χ0v) is 7.18. The van der Waals surface area contributed by atoms with Gasteiger partial charge >= 0.3 is 4.36 Å². The van der Waals surface area contributed by atoms with Gasteiger partial charge in [-0.3, -0.25) is 0 Å². The molecule has 0 aliphatic heterocycles. The Morgan fingerprint density at radius 3 is 1.60 bits per heavy atom. The van der Waals surface area contributed by atoms with Crippen LogP contribution in [0.25, 0.3) is 0 Å². The van der Waals surface area contributed by atoms with Crippen LogP contribution in [0.2, 0.25) is 0 Å². The predicted octanol–water partition coefficient (Wildman–Crippen LogP) is 2.20. The lowest BCUT2D eigenvalue weighted by Gasteiger charge is -1.77. The highest BCUT2D eigenvalue weighted by Crippen LogP contribution is 2.03. The molecular formula is CH2BBr3. The van der Waals surface area contributed by atoms with Crippen LogP contribution in [0.5, 0.6) is 0 Å². The predicted molar refractivity (Wildman–Crippen MR) is 37.4 cm³/mol. The zero-order valence-electron chi connectivity index (χ0n) is 2.42. The largest absolute Gasteiger partial charge is 0.308 e. The lowest BCUT2D eigenvalue weighted by molar-refractivity contribution is 2.29. The molecule has 0 N–H and O–H groups in total. The van der Waals surface area contributed by atoms with Crippen molar-refractivity contribution >= 4 is 51.8 Å². The summed E-state index contributed by atoms with van der Waals surface area (Å²) in [6, 6.07) is 0. The molecule has 0 unspecified atom stereocenters. The number of hydrogen-bond donors (Lipinski definition) is 0. The van der Waals surface area contributed by atoms with Crippen molar-refractivity contribution in [3.63, 3.8) is 0 Å². The van der Waals surface area contributed by atoms with Crippen molar-refractivity contribution in [3.05, 3.63) is 0 Å². The van der Waals surface area contributed by atoms with Crippen LogP contribution in [-0.2, 0) is 0 Å². The van der Waals surface area contributed by atoms with Crippen LogP contribution in [0.4, 0.5) is 0 Å². The molecule has 0 amide bonds. The molecule has 5 heavy (non-hydrogen) atoms. The van der Waals surface area contributed by atoms with Gasteiger partial charge in [-0.25, -0.2) is 0 Å². The van der Waals surface area contributed by atoms with E-state index < -0.39 is 0 Å². The summed E-state index contributed by atoms with van der Waals surface area (Å²) in [6.07, 6.45) is 0. The monoisotopic (exact) mass is 262 g/mol. The highest BCUT2D eigenvalue weighted by atomic mass is 79.9. The van der Waals surface area contributed by atoms with Crippen molar-refractivity contribution in [1.82, 2.24) is 0 Å². The molecular weight excluding hydrogens is 263 g/mol. The first-order chi connectivity index (χ1) is 2.27. The Hall–Kier alpha value is 1.50. The van der Waals surface area contributed by atoms with Crippen molar-refractivity contribution in [2.24, 2.45) is 0 Å². The maximum atomic E-state index is 3.24. The van der Waals surface area contributed by atoms with Crippen LogP contribution < -0.4 is 0 Å². The summed E-state index contributed by atoms with van der Waals surface area (Å²) in [6.45, 7) is 0. The summed E-state index contributed by atoms with van der Waals surface area (Å²) < 4.78 is 0.426. The number of hydrogen-bond acceptors (Lipinski definition) is 0. The first kappa shape index (κ1) is 6.50. The molecule has 0 atom stereocenters. The maximum Gasteiger partial charge on any atom is 0.308 e. The van der Waals surface area contributed by atoms with Crippen molar-refractivity contribution < 1.29 is 0 Å². The summed E-state index contributed by atoms with van der Waals surface area (Å²) in [5.74, 6) is 0. The van der Waals surface area contributed by atoms with Gasteiger partial charge in [-0.2, -0.15) is 0 Å². The third-order valence-electron chi connectivity index (χ3n) is 0.117. The second-order valence-corrected chi connectivity index (χ2v) is 4.63. The fourth-order valence-electron chi connectivity index (χ4n) is 0. The van der Waals surface area contributed by atoms with Crippen molar-refractivity contribution in [2.75, 3.05) is 5.23 Å². The molecule has 0 aliphatic carbocycles. The number of alkyl halides is 1. The van der Waals surface area contributed by atoms with Crippen molar-refractivity contribution in [2.45, 2.75) is 0 Å². The van der Waals surface area contributed by atoms with Gasteiger partial charge in [0.1, 0.15) is 0 Å². The van der Waals surface area contributed by atoms with E-state index in [0.717, 1.165) is 5.23 Å². The van der Waals surface area contributed by atoms with E-state index in [1.165, 1.54) is 0 Å². The molecule has 0 heterocycles. The summed E-state index contributed by atoms with van der Waals surface area (Å²) in [7, 11) is 0. The van der Waals surface area contributed by atoms with Crippen molar-refractivity contribution in [1.29, 1.82) is 0 Å². The molecule has 0 saturated carbocycles. The fourth-order valence-corrected chi connectivity index (χ4v) is 0. The van der Waals surface area contributed by atoms with E-state index in [-0.39, 0.29) is 0 Å². The van der Waals surface area contributed by atoms with Gasteiger partial charge in [0.25, 0.3) is 0 Å². The molecule has 0 spiro atoms. The minimum atomic E-state index is 0.426. The first-order valence-corrected chi connectivity index (χ1v) is 4.06. The van der Waals surface area contributed by atoms with Gasteiger partial charge in [0, 0.05) is 5.23 Å². The quantitative estimate of drug-likeness (QED) is 0.503. The molecule has 30 valence electrons. The van der Waals surface area contributed by atoms with Gasteiger partial charge in [-0.15, -0.1) is 31.5 Å². The Balaban J connectivity index is 2.54. The van der Waals surface area contributed by atoms with Gasteiger partial charge < -0.3 is 0 Å². The molecule has 0 aromatic rings. The highest BCUT2D eigenvalue weighted by molar-refractivity contribution is 9.49. The van der Waals surface area contributed by atoms with Gasteiger partial charge in [0.05, 0.1) is 0 Å². The average molecular weight is 265 g/mol. The van der Waals surface area contributed by atoms with E-state index >= 15 is 0 Å².